The quantitative estimate of drug-likeness (QED) is 0.828. The Hall–Kier alpha value is -2.33. The van der Waals surface area contributed by atoms with Crippen molar-refractivity contribution in [3.05, 3.63) is 59.7 Å². The van der Waals surface area contributed by atoms with Crippen molar-refractivity contribution in [2.45, 2.75) is 33.2 Å². The van der Waals surface area contributed by atoms with Crippen LogP contribution in [0.15, 0.2) is 48.5 Å². The third-order valence-corrected chi connectivity index (χ3v) is 4.77. The van der Waals surface area contributed by atoms with Crippen molar-refractivity contribution in [1.29, 1.82) is 0 Å². The zero-order valence-corrected chi connectivity index (χ0v) is 15.7. The van der Waals surface area contributed by atoms with Crippen LogP contribution in [-0.4, -0.2) is 30.5 Å². The summed E-state index contributed by atoms with van der Waals surface area (Å²) in [6, 6.07) is 15.4. The van der Waals surface area contributed by atoms with Gasteiger partial charge in [-0.2, -0.15) is 0 Å². The first-order chi connectivity index (χ1) is 12.6. The third kappa shape index (κ3) is 5.09. The summed E-state index contributed by atoms with van der Waals surface area (Å²) in [6.45, 7) is 8.16. The molecule has 1 saturated heterocycles. The first-order valence-electron chi connectivity index (χ1n) is 9.49. The molecule has 4 heteroatoms. The fraction of sp³-hybridized carbons (Fsp3) is 0.409. The van der Waals surface area contributed by atoms with Gasteiger partial charge in [-0.15, -0.1) is 0 Å². The van der Waals surface area contributed by atoms with Crippen molar-refractivity contribution in [1.82, 2.24) is 4.90 Å². The van der Waals surface area contributed by atoms with Crippen molar-refractivity contribution >= 4 is 11.6 Å². The maximum Gasteiger partial charge on any atom is 0.255 e. The largest absolute Gasteiger partial charge is 0.494 e. The minimum Gasteiger partial charge on any atom is -0.494 e. The first-order valence-corrected chi connectivity index (χ1v) is 9.49. The van der Waals surface area contributed by atoms with E-state index in [9.17, 15) is 4.79 Å². The highest BCUT2D eigenvalue weighted by atomic mass is 16.5. The highest BCUT2D eigenvalue weighted by Crippen LogP contribution is 2.20. The van der Waals surface area contributed by atoms with Crippen LogP contribution in [0.5, 0.6) is 5.75 Å². The normalized spacial score (nSPS) is 17.7. The second-order valence-electron chi connectivity index (χ2n) is 7.09. The van der Waals surface area contributed by atoms with E-state index in [4.69, 9.17) is 4.74 Å². The molecule has 1 fully saturated rings. The monoisotopic (exact) mass is 352 g/mol. The summed E-state index contributed by atoms with van der Waals surface area (Å²) in [4.78, 5) is 15.0. The van der Waals surface area contributed by atoms with Gasteiger partial charge >= 0.3 is 0 Å². The summed E-state index contributed by atoms with van der Waals surface area (Å²) in [5, 5.41) is 2.93. The van der Waals surface area contributed by atoms with Gasteiger partial charge < -0.3 is 10.1 Å². The summed E-state index contributed by atoms with van der Waals surface area (Å²) in [6.07, 6.45) is 2.61. The number of hydrogen-bond donors (Lipinski definition) is 1. The van der Waals surface area contributed by atoms with Gasteiger partial charge in [0.25, 0.3) is 5.91 Å². The summed E-state index contributed by atoms with van der Waals surface area (Å²) in [5.74, 6) is 1.44. The lowest BCUT2D eigenvalue weighted by atomic mass is 9.99. The maximum absolute atomic E-state index is 12.5. The Morgan fingerprint density at radius 2 is 2.04 bits per heavy atom. The molecular formula is C22H28N2O2. The van der Waals surface area contributed by atoms with Gasteiger partial charge in [0.1, 0.15) is 5.75 Å². The van der Waals surface area contributed by atoms with Crippen LogP contribution in [-0.2, 0) is 6.54 Å². The zero-order chi connectivity index (χ0) is 18.4. The second-order valence-corrected chi connectivity index (χ2v) is 7.09. The predicted octanol–water partition coefficient (Wildman–Crippen LogP) is 4.57. The highest BCUT2D eigenvalue weighted by molar-refractivity contribution is 6.04. The van der Waals surface area contributed by atoms with Crippen molar-refractivity contribution < 1.29 is 9.53 Å². The van der Waals surface area contributed by atoms with E-state index in [1.807, 2.05) is 43.3 Å². The Balaban J connectivity index is 1.59. The van der Waals surface area contributed by atoms with Crippen molar-refractivity contribution in [3.63, 3.8) is 0 Å². The summed E-state index contributed by atoms with van der Waals surface area (Å²) >= 11 is 0. The molecule has 0 unspecified atom stereocenters. The number of anilines is 1. The van der Waals surface area contributed by atoms with E-state index in [0.717, 1.165) is 23.9 Å². The van der Waals surface area contributed by atoms with Crippen LogP contribution in [0.1, 0.15) is 42.6 Å². The zero-order valence-electron chi connectivity index (χ0n) is 15.7. The Labute approximate surface area is 156 Å². The van der Waals surface area contributed by atoms with Crippen LogP contribution in [0.4, 0.5) is 5.69 Å². The molecule has 2 aromatic rings. The standard InChI is InChI=1S/C22H28N2O2/c1-3-26-21-8-4-7-20(14-21)23-22(25)19-11-9-18(10-12-19)16-24-13-5-6-17(2)15-24/h4,7-12,14,17H,3,5-6,13,15-16H2,1-2H3,(H,23,25)/t17-/m0/s1. The van der Waals surface area contributed by atoms with Crippen LogP contribution in [0, 0.1) is 5.92 Å². The smallest absolute Gasteiger partial charge is 0.255 e. The van der Waals surface area contributed by atoms with Crippen LogP contribution in [0.2, 0.25) is 0 Å². The fourth-order valence-electron chi connectivity index (χ4n) is 3.48. The van der Waals surface area contributed by atoms with Crippen molar-refractivity contribution in [2.24, 2.45) is 5.92 Å². The molecule has 1 atom stereocenters. The lowest BCUT2D eigenvalue weighted by molar-refractivity contribution is 0.102. The SMILES string of the molecule is CCOc1cccc(NC(=O)c2ccc(CN3CCC[C@H](C)C3)cc2)c1. The maximum atomic E-state index is 12.5. The molecule has 4 nitrogen and oxygen atoms in total. The molecule has 0 radical (unpaired) electrons. The van der Waals surface area contributed by atoms with Gasteiger partial charge in [0.15, 0.2) is 0 Å². The van der Waals surface area contributed by atoms with E-state index in [0.29, 0.717) is 12.2 Å². The molecule has 1 aliphatic heterocycles. The Kier molecular flexibility index (Phi) is 6.29. The van der Waals surface area contributed by atoms with Crippen LogP contribution < -0.4 is 10.1 Å². The lowest BCUT2D eigenvalue weighted by Crippen LogP contribution is -2.33. The van der Waals surface area contributed by atoms with Gasteiger partial charge in [-0.3, -0.25) is 9.69 Å². The molecule has 0 spiro atoms. The number of carbonyl (C=O) groups excluding carboxylic acids is 1. The molecule has 1 heterocycles. The molecule has 1 amide bonds. The topological polar surface area (TPSA) is 41.6 Å². The van der Waals surface area contributed by atoms with Gasteiger partial charge in [0, 0.05) is 30.4 Å². The molecule has 2 aromatic carbocycles. The summed E-state index contributed by atoms with van der Waals surface area (Å²) in [7, 11) is 0. The molecule has 0 aromatic heterocycles. The van der Waals surface area contributed by atoms with E-state index in [1.165, 1.54) is 31.5 Å². The Morgan fingerprint density at radius 1 is 1.23 bits per heavy atom. The van der Waals surface area contributed by atoms with Gasteiger partial charge in [-0.1, -0.05) is 25.1 Å². The minimum absolute atomic E-state index is 0.100. The third-order valence-electron chi connectivity index (χ3n) is 4.77. The van der Waals surface area contributed by atoms with Crippen LogP contribution >= 0.6 is 0 Å². The number of nitrogens with zero attached hydrogens (tertiary/aromatic N) is 1. The van der Waals surface area contributed by atoms with E-state index >= 15 is 0 Å². The number of likely N-dealkylation sites (tertiary alicyclic amines) is 1. The van der Waals surface area contributed by atoms with Gasteiger partial charge in [0.05, 0.1) is 6.61 Å². The van der Waals surface area contributed by atoms with Gasteiger partial charge in [0.2, 0.25) is 0 Å². The molecule has 0 saturated carbocycles. The van der Waals surface area contributed by atoms with Crippen molar-refractivity contribution in [2.75, 3.05) is 25.0 Å². The lowest BCUT2D eigenvalue weighted by Gasteiger charge is -2.30. The molecule has 0 aliphatic carbocycles. The first kappa shape index (κ1) is 18.5. The number of hydrogen-bond acceptors (Lipinski definition) is 3. The minimum atomic E-state index is -0.100. The number of ether oxygens (including phenoxy) is 1. The molecule has 138 valence electrons. The number of amides is 1. The molecule has 3 rings (SSSR count). The summed E-state index contributed by atoms with van der Waals surface area (Å²) < 4.78 is 5.47. The van der Waals surface area contributed by atoms with Crippen LogP contribution in [0.3, 0.4) is 0 Å². The second kappa shape index (κ2) is 8.86. The van der Waals surface area contributed by atoms with Crippen molar-refractivity contribution in [3.8, 4) is 5.75 Å². The predicted molar refractivity (Wildman–Crippen MR) is 106 cm³/mol. The molecule has 1 N–H and O–H groups in total. The average molecular weight is 352 g/mol. The van der Waals surface area contributed by atoms with E-state index in [-0.39, 0.29) is 5.91 Å². The molecule has 1 aliphatic rings. The average Bonchev–Trinajstić information content (AvgIpc) is 2.63. The Morgan fingerprint density at radius 3 is 2.77 bits per heavy atom. The van der Waals surface area contributed by atoms with Gasteiger partial charge in [-0.25, -0.2) is 0 Å². The van der Waals surface area contributed by atoms with Crippen LogP contribution in [0.25, 0.3) is 0 Å². The summed E-state index contributed by atoms with van der Waals surface area (Å²) in [5.41, 5.74) is 2.67. The highest BCUT2D eigenvalue weighted by Gasteiger charge is 2.16. The Bertz CT molecular complexity index is 727. The van der Waals surface area contributed by atoms with E-state index in [1.54, 1.807) is 0 Å². The number of benzene rings is 2. The van der Waals surface area contributed by atoms with E-state index < -0.39 is 0 Å². The molecular weight excluding hydrogens is 324 g/mol. The molecule has 0 bridgehead atoms. The number of nitrogens with one attached hydrogen (secondary N) is 1. The number of rotatable bonds is 6. The fourth-order valence-corrected chi connectivity index (χ4v) is 3.48. The molecule has 26 heavy (non-hydrogen) atoms. The number of carbonyl (C=O) groups is 1. The van der Waals surface area contributed by atoms with Gasteiger partial charge in [-0.05, 0) is 62.1 Å². The van der Waals surface area contributed by atoms with E-state index in [2.05, 4.69) is 29.3 Å². The number of piperidine rings is 1.